The monoisotopic (exact) mass is 433 g/mol. The second-order valence-electron chi connectivity index (χ2n) is 8.16. The van der Waals surface area contributed by atoms with Crippen molar-refractivity contribution in [2.45, 2.75) is 76.4 Å². The summed E-state index contributed by atoms with van der Waals surface area (Å²) in [7, 11) is 0. The minimum absolute atomic E-state index is 0.278. The lowest BCUT2D eigenvalue weighted by Gasteiger charge is -2.27. The zero-order chi connectivity index (χ0) is 22.5. The maximum Gasteiger partial charge on any atom is 0.326 e. The van der Waals surface area contributed by atoms with Gasteiger partial charge >= 0.3 is 12.0 Å². The normalized spacial score (nSPS) is 16.2. The third-order valence-electron chi connectivity index (χ3n) is 5.66. The van der Waals surface area contributed by atoms with Crippen LogP contribution in [0.15, 0.2) is 24.5 Å². The summed E-state index contributed by atoms with van der Waals surface area (Å²) in [6, 6.07) is 1.28. The van der Waals surface area contributed by atoms with E-state index in [4.69, 9.17) is 5.73 Å². The molecule has 2 rings (SSSR count). The fraction of sp³-hybridized carbons (Fsp3) is 0.636. The van der Waals surface area contributed by atoms with Gasteiger partial charge in [0.25, 0.3) is 0 Å². The highest BCUT2D eigenvalue weighted by molar-refractivity contribution is 5.88. The standard InChI is InChI=1S/C22H35N5O4/c23-11-5-4-10-18(21(29)30)26-22(31)27-19(13-16-7-2-1-3-8-16)20(28)25-15-17-9-6-12-24-14-17/h6,9,12,14,16,18-19H,1-5,7-8,10-11,13,15,23H2,(H,25,28)(H,29,30)(H2,26,27,31)/t18-,19+/m0/s1. The number of unbranched alkanes of at least 4 members (excludes halogenated alkanes) is 1. The van der Waals surface area contributed by atoms with Crippen LogP contribution in [-0.4, -0.2) is 46.6 Å². The van der Waals surface area contributed by atoms with Gasteiger partial charge in [0.05, 0.1) is 0 Å². The number of aliphatic carboxylic acids is 1. The first-order chi connectivity index (χ1) is 15.0. The van der Waals surface area contributed by atoms with Gasteiger partial charge < -0.3 is 26.8 Å². The Hall–Kier alpha value is -2.68. The number of carbonyl (C=O) groups excluding carboxylic acids is 2. The molecule has 0 saturated heterocycles. The van der Waals surface area contributed by atoms with E-state index in [2.05, 4.69) is 20.9 Å². The molecular formula is C22H35N5O4. The summed E-state index contributed by atoms with van der Waals surface area (Å²) in [5, 5.41) is 17.4. The predicted octanol–water partition coefficient (Wildman–Crippen LogP) is 1.92. The summed E-state index contributed by atoms with van der Waals surface area (Å²) in [6.07, 6.45) is 11.0. The Balaban J connectivity index is 1.96. The van der Waals surface area contributed by atoms with Crippen molar-refractivity contribution in [2.75, 3.05) is 6.54 Å². The highest BCUT2D eigenvalue weighted by atomic mass is 16.4. The van der Waals surface area contributed by atoms with Crippen LogP contribution in [0.25, 0.3) is 0 Å². The SMILES string of the molecule is NCCCC[C@H](NC(=O)N[C@H](CC1CCCCC1)C(=O)NCc1cccnc1)C(=O)O. The number of nitrogens with two attached hydrogens (primary N) is 1. The Kier molecular flexibility index (Phi) is 10.8. The molecule has 1 heterocycles. The number of carboxylic acids is 1. The van der Waals surface area contributed by atoms with E-state index in [0.717, 1.165) is 31.2 Å². The summed E-state index contributed by atoms with van der Waals surface area (Å²) in [6.45, 7) is 0.785. The van der Waals surface area contributed by atoms with E-state index in [1.165, 1.54) is 6.42 Å². The van der Waals surface area contributed by atoms with Crippen molar-refractivity contribution < 1.29 is 19.5 Å². The van der Waals surface area contributed by atoms with E-state index in [1.54, 1.807) is 18.5 Å². The highest BCUT2D eigenvalue weighted by Crippen LogP contribution is 2.27. The number of hydrogen-bond acceptors (Lipinski definition) is 5. The molecule has 3 amide bonds. The van der Waals surface area contributed by atoms with Crippen molar-refractivity contribution in [3.8, 4) is 0 Å². The summed E-state index contributed by atoms with van der Waals surface area (Å²) < 4.78 is 0. The lowest BCUT2D eigenvalue weighted by atomic mass is 9.84. The van der Waals surface area contributed by atoms with Crippen LogP contribution in [0.2, 0.25) is 0 Å². The van der Waals surface area contributed by atoms with E-state index < -0.39 is 24.1 Å². The zero-order valence-corrected chi connectivity index (χ0v) is 18.0. The number of carbonyl (C=O) groups is 3. The average Bonchev–Trinajstić information content (AvgIpc) is 2.77. The van der Waals surface area contributed by atoms with E-state index in [0.29, 0.717) is 44.7 Å². The van der Waals surface area contributed by atoms with Crippen LogP contribution in [0.1, 0.15) is 63.4 Å². The Morgan fingerprint density at radius 1 is 1.13 bits per heavy atom. The number of urea groups is 1. The number of carboxylic acid groups (broad SMARTS) is 1. The van der Waals surface area contributed by atoms with E-state index in [-0.39, 0.29) is 5.91 Å². The van der Waals surface area contributed by atoms with Gasteiger partial charge in [0, 0.05) is 18.9 Å². The molecule has 0 aliphatic heterocycles. The molecule has 1 aliphatic carbocycles. The van der Waals surface area contributed by atoms with Crippen LogP contribution < -0.4 is 21.7 Å². The first-order valence-corrected chi connectivity index (χ1v) is 11.2. The summed E-state index contributed by atoms with van der Waals surface area (Å²) in [5.74, 6) is -1.01. The molecule has 9 heteroatoms. The first kappa shape index (κ1) is 24.6. The fourth-order valence-corrected chi connectivity index (χ4v) is 3.91. The van der Waals surface area contributed by atoms with Gasteiger partial charge in [0.15, 0.2) is 0 Å². The molecule has 6 N–H and O–H groups in total. The van der Waals surface area contributed by atoms with Crippen LogP contribution in [0.5, 0.6) is 0 Å². The van der Waals surface area contributed by atoms with E-state index >= 15 is 0 Å². The van der Waals surface area contributed by atoms with Gasteiger partial charge in [-0.05, 0) is 49.8 Å². The molecule has 1 aromatic rings. The van der Waals surface area contributed by atoms with Gasteiger partial charge in [0.2, 0.25) is 5.91 Å². The zero-order valence-electron chi connectivity index (χ0n) is 18.0. The largest absolute Gasteiger partial charge is 0.480 e. The van der Waals surface area contributed by atoms with Crippen molar-refractivity contribution >= 4 is 17.9 Å². The minimum atomic E-state index is -1.10. The fourth-order valence-electron chi connectivity index (χ4n) is 3.91. The van der Waals surface area contributed by atoms with Crippen LogP contribution in [0.3, 0.4) is 0 Å². The minimum Gasteiger partial charge on any atom is -0.480 e. The summed E-state index contributed by atoms with van der Waals surface area (Å²) in [4.78, 5) is 40.9. The quantitative estimate of drug-likeness (QED) is 0.318. The molecule has 172 valence electrons. The van der Waals surface area contributed by atoms with Crippen LogP contribution >= 0.6 is 0 Å². The molecule has 9 nitrogen and oxygen atoms in total. The van der Waals surface area contributed by atoms with Gasteiger partial charge in [-0.1, -0.05) is 38.2 Å². The third kappa shape index (κ3) is 9.33. The number of hydrogen-bond donors (Lipinski definition) is 5. The average molecular weight is 434 g/mol. The third-order valence-corrected chi connectivity index (χ3v) is 5.66. The molecule has 1 aliphatic rings. The lowest BCUT2D eigenvalue weighted by molar-refractivity contribution is -0.139. The van der Waals surface area contributed by atoms with Crippen molar-refractivity contribution in [1.82, 2.24) is 20.9 Å². The number of amides is 3. The molecule has 1 saturated carbocycles. The predicted molar refractivity (Wildman–Crippen MR) is 117 cm³/mol. The van der Waals surface area contributed by atoms with Crippen molar-refractivity contribution in [2.24, 2.45) is 11.7 Å². The molecule has 0 unspecified atom stereocenters. The molecular weight excluding hydrogens is 398 g/mol. The summed E-state index contributed by atoms with van der Waals surface area (Å²) >= 11 is 0. The van der Waals surface area contributed by atoms with Crippen LogP contribution in [0.4, 0.5) is 4.79 Å². The second-order valence-corrected chi connectivity index (χ2v) is 8.16. The summed E-state index contributed by atoms with van der Waals surface area (Å²) in [5.41, 5.74) is 6.32. The molecule has 1 aromatic heterocycles. The Morgan fingerprint density at radius 2 is 1.87 bits per heavy atom. The molecule has 2 atom stereocenters. The number of rotatable bonds is 12. The van der Waals surface area contributed by atoms with Gasteiger partial charge in [-0.3, -0.25) is 9.78 Å². The number of aromatic nitrogens is 1. The number of nitrogens with zero attached hydrogens (tertiary/aromatic N) is 1. The van der Waals surface area contributed by atoms with Gasteiger partial charge in [-0.15, -0.1) is 0 Å². The smallest absolute Gasteiger partial charge is 0.326 e. The molecule has 31 heavy (non-hydrogen) atoms. The maximum absolute atomic E-state index is 12.9. The molecule has 0 radical (unpaired) electrons. The molecule has 0 spiro atoms. The van der Waals surface area contributed by atoms with Crippen molar-refractivity contribution in [1.29, 1.82) is 0 Å². The van der Waals surface area contributed by atoms with Crippen LogP contribution in [-0.2, 0) is 16.1 Å². The topological polar surface area (TPSA) is 146 Å². The van der Waals surface area contributed by atoms with Gasteiger partial charge in [-0.2, -0.15) is 0 Å². The highest BCUT2D eigenvalue weighted by Gasteiger charge is 2.27. The number of nitrogens with one attached hydrogen (secondary N) is 3. The lowest BCUT2D eigenvalue weighted by Crippen LogP contribution is -2.53. The maximum atomic E-state index is 12.9. The Labute approximate surface area is 183 Å². The molecule has 0 aromatic carbocycles. The van der Waals surface area contributed by atoms with Crippen LogP contribution in [0, 0.1) is 5.92 Å². The van der Waals surface area contributed by atoms with Crippen molar-refractivity contribution in [3.63, 3.8) is 0 Å². The second kappa shape index (κ2) is 13.6. The molecule has 1 fully saturated rings. The van der Waals surface area contributed by atoms with Gasteiger partial charge in [0.1, 0.15) is 12.1 Å². The van der Waals surface area contributed by atoms with Gasteiger partial charge in [-0.25, -0.2) is 9.59 Å². The van der Waals surface area contributed by atoms with E-state index in [9.17, 15) is 19.5 Å². The Morgan fingerprint density at radius 3 is 2.52 bits per heavy atom. The van der Waals surface area contributed by atoms with Crippen molar-refractivity contribution in [3.05, 3.63) is 30.1 Å². The molecule has 0 bridgehead atoms. The number of pyridine rings is 1. The van der Waals surface area contributed by atoms with E-state index in [1.807, 2.05) is 6.07 Å². The Bertz CT molecular complexity index is 694. The first-order valence-electron chi connectivity index (χ1n) is 11.2.